The van der Waals surface area contributed by atoms with Crippen LogP contribution in [-0.2, 0) is 14.0 Å². The average Bonchev–Trinajstić information content (AvgIpc) is 2.91. The number of fused-ring (bicyclic) bond motifs is 1. The van der Waals surface area contributed by atoms with Gasteiger partial charge in [0.25, 0.3) is 0 Å². The Hall–Kier alpha value is -1.37. The highest BCUT2D eigenvalue weighted by Gasteiger charge is 2.57. The number of ether oxygens (including phenoxy) is 1. The molecule has 1 fully saturated rings. The third-order valence-corrected chi connectivity index (χ3v) is 5.31. The van der Waals surface area contributed by atoms with Gasteiger partial charge in [-0.15, -0.1) is 0 Å². The van der Waals surface area contributed by atoms with E-state index in [0.717, 1.165) is 11.3 Å². The standard InChI is InChI=1S/C19H26BClNO4/c1-17(2,3)24-16(23)22-11-14(13-10-12(21)8-9-15(13)22)20-25-18(4,5)19(6,7)26-20/h8-11,14H,1-7H3/q+1. The van der Waals surface area contributed by atoms with E-state index < -0.39 is 30.0 Å². The Morgan fingerprint density at radius 2 is 1.77 bits per heavy atom. The van der Waals surface area contributed by atoms with E-state index in [0.29, 0.717) is 5.02 Å². The van der Waals surface area contributed by atoms with Gasteiger partial charge in [-0.05, 0) is 60.6 Å². The molecule has 2 aliphatic rings. The molecule has 0 aliphatic carbocycles. The van der Waals surface area contributed by atoms with Gasteiger partial charge in [-0.3, -0.25) is 0 Å². The third-order valence-electron chi connectivity index (χ3n) is 5.07. The number of nitrogens with zero attached hydrogens (tertiary/aromatic N) is 1. The van der Waals surface area contributed by atoms with Crippen LogP contribution in [0.1, 0.15) is 59.8 Å². The van der Waals surface area contributed by atoms with Crippen LogP contribution in [0.5, 0.6) is 0 Å². The fourth-order valence-corrected chi connectivity index (χ4v) is 3.24. The molecular formula is C19H26BClNO4+. The molecule has 140 valence electrons. The molecule has 1 aromatic carbocycles. The van der Waals surface area contributed by atoms with Gasteiger partial charge in [0, 0.05) is 16.7 Å². The van der Waals surface area contributed by atoms with Crippen LogP contribution >= 0.6 is 11.6 Å². The third kappa shape index (κ3) is 3.42. The van der Waals surface area contributed by atoms with Gasteiger partial charge in [0.05, 0.1) is 11.2 Å². The van der Waals surface area contributed by atoms with Crippen LogP contribution in [0.4, 0.5) is 10.5 Å². The molecule has 1 amide bonds. The molecule has 1 saturated heterocycles. The summed E-state index contributed by atoms with van der Waals surface area (Å²) in [6.07, 6.45) is 1.37. The maximum atomic E-state index is 12.7. The fourth-order valence-electron chi connectivity index (χ4n) is 3.06. The second kappa shape index (κ2) is 6.08. The quantitative estimate of drug-likeness (QED) is 0.524. The highest BCUT2D eigenvalue weighted by molar-refractivity contribution is 6.52. The lowest BCUT2D eigenvalue weighted by atomic mass is 9.69. The normalized spacial score (nSPS) is 23.6. The van der Waals surface area contributed by atoms with E-state index in [-0.39, 0.29) is 5.82 Å². The van der Waals surface area contributed by atoms with Crippen molar-refractivity contribution < 1.29 is 23.4 Å². The first-order chi connectivity index (χ1) is 11.8. The molecular weight excluding hydrogens is 352 g/mol. The fraction of sp³-hybridized carbons (Fsp3) is 0.579. The van der Waals surface area contributed by atoms with Gasteiger partial charge >= 0.3 is 13.2 Å². The average molecular weight is 379 g/mol. The molecule has 1 aromatic rings. The predicted molar refractivity (Wildman–Crippen MR) is 102 cm³/mol. The van der Waals surface area contributed by atoms with Crippen molar-refractivity contribution in [2.24, 2.45) is 0 Å². The van der Waals surface area contributed by atoms with Crippen molar-refractivity contribution >= 4 is 36.7 Å². The summed E-state index contributed by atoms with van der Waals surface area (Å²) < 4.78 is 19.5. The van der Waals surface area contributed by atoms with Crippen molar-refractivity contribution in [2.75, 3.05) is 0 Å². The number of rotatable bonds is 1. The summed E-state index contributed by atoms with van der Waals surface area (Å²) in [6.45, 7) is 13.6. The first-order valence-electron chi connectivity index (χ1n) is 8.83. The van der Waals surface area contributed by atoms with Crippen LogP contribution < -0.4 is 0 Å². The molecule has 0 saturated carbocycles. The van der Waals surface area contributed by atoms with Crippen molar-refractivity contribution in [3.05, 3.63) is 28.8 Å². The van der Waals surface area contributed by atoms with Crippen LogP contribution in [-0.4, -0.2) is 40.8 Å². The minimum Gasteiger partial charge on any atom is -0.406 e. The van der Waals surface area contributed by atoms with Crippen molar-refractivity contribution in [3.63, 3.8) is 0 Å². The van der Waals surface area contributed by atoms with Crippen molar-refractivity contribution in [1.82, 2.24) is 0 Å². The molecule has 2 aliphatic heterocycles. The topological polar surface area (TPSA) is 47.8 Å². The maximum absolute atomic E-state index is 12.7. The highest BCUT2D eigenvalue weighted by Crippen LogP contribution is 2.44. The number of amides is 1. The molecule has 0 radical (unpaired) electrons. The molecule has 7 heteroatoms. The minimum atomic E-state index is -0.583. The monoisotopic (exact) mass is 378 g/mol. The Morgan fingerprint density at radius 1 is 1.19 bits per heavy atom. The summed E-state index contributed by atoms with van der Waals surface area (Å²) in [5, 5.41) is 0.602. The Morgan fingerprint density at radius 3 is 2.31 bits per heavy atom. The van der Waals surface area contributed by atoms with Gasteiger partial charge in [-0.25, -0.2) is 0 Å². The Balaban J connectivity index is 1.99. The summed E-state index contributed by atoms with van der Waals surface area (Å²) in [5.74, 6) is -0.253. The van der Waals surface area contributed by atoms with Gasteiger partial charge in [-0.1, -0.05) is 16.2 Å². The van der Waals surface area contributed by atoms with Crippen LogP contribution in [0.2, 0.25) is 5.02 Å². The summed E-state index contributed by atoms with van der Waals surface area (Å²) in [4.78, 5) is 12.7. The molecule has 5 nitrogen and oxygen atoms in total. The van der Waals surface area contributed by atoms with Crippen LogP contribution in [0.15, 0.2) is 18.2 Å². The molecule has 1 atom stereocenters. The molecule has 26 heavy (non-hydrogen) atoms. The van der Waals surface area contributed by atoms with Crippen LogP contribution in [0.3, 0.4) is 0 Å². The Bertz CT molecular complexity index is 766. The van der Waals surface area contributed by atoms with Gasteiger partial charge in [0.15, 0.2) is 6.21 Å². The van der Waals surface area contributed by atoms with E-state index in [1.165, 1.54) is 4.58 Å². The molecule has 3 rings (SSSR count). The van der Waals surface area contributed by atoms with Crippen molar-refractivity contribution in [2.45, 2.75) is 71.1 Å². The maximum Gasteiger partial charge on any atom is 0.602 e. The zero-order valence-corrected chi connectivity index (χ0v) is 17.2. The van der Waals surface area contributed by atoms with Gasteiger partial charge < -0.3 is 14.0 Å². The SMILES string of the molecule is CC(C)(C)OC(=O)[N+]1=CC(B2OC(C)(C)C(C)(C)O2)c2cc(Cl)ccc21. The zero-order chi connectivity index (χ0) is 19.5. The Labute approximate surface area is 160 Å². The van der Waals surface area contributed by atoms with E-state index in [1.807, 2.05) is 60.6 Å². The second-order valence-electron chi connectivity index (χ2n) is 8.85. The van der Waals surface area contributed by atoms with Crippen LogP contribution in [0, 0.1) is 0 Å². The van der Waals surface area contributed by atoms with Gasteiger partial charge in [0.2, 0.25) is 5.69 Å². The molecule has 0 aromatic heterocycles. The minimum absolute atomic E-state index is 0.253. The van der Waals surface area contributed by atoms with Crippen molar-refractivity contribution in [3.8, 4) is 0 Å². The lowest BCUT2D eigenvalue weighted by Crippen LogP contribution is -2.41. The second-order valence-corrected chi connectivity index (χ2v) is 9.29. The number of carbonyl (C=O) groups excluding carboxylic acids is 1. The summed E-state index contributed by atoms with van der Waals surface area (Å²) in [6, 6.07) is 5.44. The lowest BCUT2D eigenvalue weighted by Gasteiger charge is -2.32. The lowest BCUT2D eigenvalue weighted by molar-refractivity contribution is -0.356. The zero-order valence-electron chi connectivity index (χ0n) is 16.4. The number of hydrogen-bond donors (Lipinski definition) is 0. The number of hydrogen-bond acceptors (Lipinski definition) is 4. The van der Waals surface area contributed by atoms with Gasteiger partial charge in [0.1, 0.15) is 11.4 Å². The molecule has 2 heterocycles. The smallest absolute Gasteiger partial charge is 0.406 e. The summed E-state index contributed by atoms with van der Waals surface area (Å²) in [7, 11) is -0.510. The summed E-state index contributed by atoms with van der Waals surface area (Å²) >= 11 is 6.21. The van der Waals surface area contributed by atoms with E-state index >= 15 is 0 Å². The number of halogens is 1. The van der Waals surface area contributed by atoms with Crippen molar-refractivity contribution in [1.29, 1.82) is 0 Å². The largest absolute Gasteiger partial charge is 0.602 e. The molecule has 0 spiro atoms. The van der Waals surface area contributed by atoms with Gasteiger partial charge in [-0.2, -0.15) is 4.79 Å². The summed E-state index contributed by atoms with van der Waals surface area (Å²) in [5.41, 5.74) is 0.137. The number of carbonyl (C=O) groups is 1. The predicted octanol–water partition coefficient (Wildman–Crippen LogP) is 4.72. The molecule has 0 N–H and O–H groups in total. The van der Waals surface area contributed by atoms with Crippen LogP contribution in [0.25, 0.3) is 0 Å². The first-order valence-corrected chi connectivity index (χ1v) is 9.21. The molecule has 0 bridgehead atoms. The highest BCUT2D eigenvalue weighted by atomic mass is 35.5. The van der Waals surface area contributed by atoms with E-state index in [1.54, 1.807) is 12.3 Å². The Kier molecular flexibility index (Phi) is 4.53. The van der Waals surface area contributed by atoms with E-state index in [4.69, 9.17) is 25.6 Å². The first kappa shape index (κ1) is 19.4. The van der Waals surface area contributed by atoms with E-state index in [2.05, 4.69) is 0 Å². The number of benzene rings is 1. The van der Waals surface area contributed by atoms with E-state index in [9.17, 15) is 4.79 Å². The molecule has 1 unspecified atom stereocenters.